The molecule has 1 aliphatic heterocycles. The Morgan fingerprint density at radius 2 is 2.05 bits per heavy atom. The Labute approximate surface area is 120 Å². The highest BCUT2D eigenvalue weighted by molar-refractivity contribution is 5.71. The van der Waals surface area contributed by atoms with Crippen LogP contribution in [0.3, 0.4) is 0 Å². The number of hydrogen-bond acceptors (Lipinski definition) is 5. The molecular weight excluding hydrogens is 254 g/mol. The van der Waals surface area contributed by atoms with E-state index in [9.17, 15) is 4.79 Å². The predicted molar refractivity (Wildman–Crippen MR) is 80.8 cm³/mol. The predicted octanol–water partition coefficient (Wildman–Crippen LogP) is 1.34. The van der Waals surface area contributed by atoms with E-state index in [0.29, 0.717) is 13.2 Å². The summed E-state index contributed by atoms with van der Waals surface area (Å²) in [7, 11) is 0. The summed E-state index contributed by atoms with van der Waals surface area (Å²) < 4.78 is 5.11. The molecule has 1 aromatic rings. The number of nitrogen functional groups attached to an aromatic ring is 1. The van der Waals surface area contributed by atoms with Gasteiger partial charge in [-0.15, -0.1) is 0 Å². The number of benzene rings is 1. The molecule has 0 bridgehead atoms. The van der Waals surface area contributed by atoms with Crippen molar-refractivity contribution < 1.29 is 9.53 Å². The number of hydrogen-bond donors (Lipinski definition) is 1. The van der Waals surface area contributed by atoms with Crippen LogP contribution in [0.1, 0.15) is 13.3 Å². The van der Waals surface area contributed by atoms with Crippen LogP contribution in [0.4, 0.5) is 11.4 Å². The van der Waals surface area contributed by atoms with Crippen molar-refractivity contribution in [1.29, 1.82) is 0 Å². The molecule has 20 heavy (non-hydrogen) atoms. The van der Waals surface area contributed by atoms with Crippen molar-refractivity contribution in [3.05, 3.63) is 24.3 Å². The number of carbonyl (C=O) groups is 1. The van der Waals surface area contributed by atoms with Gasteiger partial charge in [-0.05, 0) is 24.6 Å². The van der Waals surface area contributed by atoms with Crippen LogP contribution in [0.5, 0.6) is 0 Å². The summed E-state index contributed by atoms with van der Waals surface area (Å²) in [6, 6.07) is 7.93. The van der Waals surface area contributed by atoms with Gasteiger partial charge < -0.3 is 15.4 Å². The molecule has 0 unspecified atom stereocenters. The smallest absolute Gasteiger partial charge is 0.320 e. The molecule has 0 aliphatic carbocycles. The number of nitrogens with two attached hydrogens (primary N) is 1. The molecular formula is C15H23N3O2. The van der Waals surface area contributed by atoms with Gasteiger partial charge in [0.1, 0.15) is 0 Å². The standard InChI is InChI=1S/C15H23N3O2/c1-2-10-20-15(19)12-17-6-8-18(9-7-17)14-5-3-4-13(16)11-14/h3-5,11H,2,6-10,12,16H2,1H3. The second kappa shape index (κ2) is 7.14. The minimum atomic E-state index is -0.121. The highest BCUT2D eigenvalue weighted by Gasteiger charge is 2.19. The molecule has 1 fully saturated rings. The Morgan fingerprint density at radius 3 is 2.70 bits per heavy atom. The number of nitrogens with zero attached hydrogens (tertiary/aromatic N) is 2. The van der Waals surface area contributed by atoms with Crippen molar-refractivity contribution in [2.75, 3.05) is 50.0 Å². The third-order valence-corrected chi connectivity index (χ3v) is 3.43. The van der Waals surface area contributed by atoms with Gasteiger partial charge in [0.2, 0.25) is 0 Å². The lowest BCUT2D eigenvalue weighted by atomic mass is 10.2. The van der Waals surface area contributed by atoms with E-state index in [4.69, 9.17) is 10.5 Å². The van der Waals surface area contributed by atoms with Crippen LogP contribution in [-0.4, -0.2) is 50.2 Å². The molecule has 0 atom stereocenters. The fourth-order valence-electron chi connectivity index (χ4n) is 2.33. The van der Waals surface area contributed by atoms with Gasteiger partial charge in [0.05, 0.1) is 13.2 Å². The first-order chi connectivity index (χ1) is 9.69. The number of ether oxygens (including phenoxy) is 1. The number of carbonyl (C=O) groups excluding carboxylic acids is 1. The topological polar surface area (TPSA) is 58.8 Å². The quantitative estimate of drug-likeness (QED) is 0.650. The first-order valence-corrected chi connectivity index (χ1v) is 7.17. The third-order valence-electron chi connectivity index (χ3n) is 3.43. The van der Waals surface area contributed by atoms with Crippen molar-refractivity contribution in [1.82, 2.24) is 4.90 Å². The summed E-state index contributed by atoms with van der Waals surface area (Å²) in [5.74, 6) is -0.121. The fraction of sp³-hybridized carbons (Fsp3) is 0.533. The summed E-state index contributed by atoms with van der Waals surface area (Å²) in [5, 5.41) is 0. The molecule has 0 amide bonds. The van der Waals surface area contributed by atoms with Crippen molar-refractivity contribution in [2.45, 2.75) is 13.3 Å². The lowest BCUT2D eigenvalue weighted by molar-refractivity contribution is -0.145. The van der Waals surface area contributed by atoms with Crippen molar-refractivity contribution >= 4 is 17.3 Å². The molecule has 0 radical (unpaired) electrons. The molecule has 0 saturated carbocycles. The summed E-state index contributed by atoms with van der Waals surface area (Å²) in [4.78, 5) is 16.0. The van der Waals surface area contributed by atoms with Crippen LogP contribution in [0.2, 0.25) is 0 Å². The molecule has 0 aromatic heterocycles. The van der Waals surface area contributed by atoms with Crippen molar-refractivity contribution in [3.8, 4) is 0 Å². The van der Waals surface area contributed by atoms with E-state index in [1.54, 1.807) is 0 Å². The lowest BCUT2D eigenvalue weighted by Gasteiger charge is -2.35. The Hall–Kier alpha value is -1.75. The van der Waals surface area contributed by atoms with Crippen LogP contribution < -0.4 is 10.6 Å². The van der Waals surface area contributed by atoms with E-state index in [0.717, 1.165) is 44.0 Å². The second-order valence-corrected chi connectivity index (χ2v) is 5.08. The van der Waals surface area contributed by atoms with Crippen LogP contribution in [0, 0.1) is 0 Å². The van der Waals surface area contributed by atoms with Gasteiger partial charge in [-0.1, -0.05) is 13.0 Å². The van der Waals surface area contributed by atoms with Crippen molar-refractivity contribution in [2.24, 2.45) is 0 Å². The summed E-state index contributed by atoms with van der Waals surface area (Å²) in [6.45, 7) is 6.46. The molecule has 1 aliphatic rings. The van der Waals surface area contributed by atoms with Gasteiger partial charge >= 0.3 is 5.97 Å². The SMILES string of the molecule is CCCOC(=O)CN1CCN(c2cccc(N)c2)CC1. The average Bonchev–Trinajstić information content (AvgIpc) is 2.46. The van der Waals surface area contributed by atoms with Crippen LogP contribution in [0.25, 0.3) is 0 Å². The molecule has 1 heterocycles. The lowest BCUT2D eigenvalue weighted by Crippen LogP contribution is -2.48. The van der Waals surface area contributed by atoms with E-state index >= 15 is 0 Å². The van der Waals surface area contributed by atoms with Gasteiger partial charge in [-0.25, -0.2) is 0 Å². The summed E-state index contributed by atoms with van der Waals surface area (Å²) >= 11 is 0. The van der Waals surface area contributed by atoms with E-state index < -0.39 is 0 Å². The minimum absolute atomic E-state index is 0.121. The molecule has 5 nitrogen and oxygen atoms in total. The van der Waals surface area contributed by atoms with E-state index in [-0.39, 0.29) is 5.97 Å². The number of anilines is 2. The number of rotatable bonds is 5. The molecule has 110 valence electrons. The zero-order valence-electron chi connectivity index (χ0n) is 12.0. The van der Waals surface area contributed by atoms with Gasteiger partial charge in [0, 0.05) is 37.6 Å². The zero-order valence-corrected chi connectivity index (χ0v) is 12.0. The maximum Gasteiger partial charge on any atom is 0.320 e. The van der Waals surface area contributed by atoms with Crippen LogP contribution in [-0.2, 0) is 9.53 Å². The molecule has 1 saturated heterocycles. The molecule has 2 N–H and O–H groups in total. The highest BCUT2D eigenvalue weighted by Crippen LogP contribution is 2.18. The van der Waals surface area contributed by atoms with E-state index in [1.807, 2.05) is 25.1 Å². The maximum atomic E-state index is 11.6. The number of piperazine rings is 1. The Morgan fingerprint density at radius 1 is 1.30 bits per heavy atom. The van der Waals surface area contributed by atoms with Gasteiger partial charge in [0.25, 0.3) is 0 Å². The van der Waals surface area contributed by atoms with Crippen molar-refractivity contribution in [3.63, 3.8) is 0 Å². The minimum Gasteiger partial charge on any atom is -0.465 e. The van der Waals surface area contributed by atoms with E-state index in [1.165, 1.54) is 0 Å². The maximum absolute atomic E-state index is 11.6. The zero-order chi connectivity index (χ0) is 14.4. The molecule has 0 spiro atoms. The van der Waals surface area contributed by atoms with Crippen LogP contribution >= 0.6 is 0 Å². The third kappa shape index (κ3) is 4.13. The van der Waals surface area contributed by atoms with Gasteiger partial charge in [-0.2, -0.15) is 0 Å². The summed E-state index contributed by atoms with van der Waals surface area (Å²) in [5.41, 5.74) is 7.74. The molecule has 1 aromatic carbocycles. The molecule has 5 heteroatoms. The van der Waals surface area contributed by atoms with E-state index in [2.05, 4.69) is 15.9 Å². The molecule has 2 rings (SSSR count). The van der Waals surface area contributed by atoms with Gasteiger partial charge in [-0.3, -0.25) is 9.69 Å². The first kappa shape index (κ1) is 14.7. The number of esters is 1. The normalized spacial score (nSPS) is 16.1. The second-order valence-electron chi connectivity index (χ2n) is 5.08. The first-order valence-electron chi connectivity index (χ1n) is 7.17. The Bertz CT molecular complexity index is 442. The monoisotopic (exact) mass is 277 g/mol. The highest BCUT2D eigenvalue weighted by atomic mass is 16.5. The van der Waals surface area contributed by atoms with Gasteiger partial charge in [0.15, 0.2) is 0 Å². The fourth-order valence-corrected chi connectivity index (χ4v) is 2.33. The Balaban J connectivity index is 1.79. The average molecular weight is 277 g/mol. The largest absolute Gasteiger partial charge is 0.465 e. The summed E-state index contributed by atoms with van der Waals surface area (Å²) in [6.07, 6.45) is 0.870. The Kier molecular flexibility index (Phi) is 5.24. The van der Waals surface area contributed by atoms with Crippen LogP contribution in [0.15, 0.2) is 24.3 Å².